The number of methoxy groups -OCH3 is 2. The van der Waals surface area contributed by atoms with Crippen LogP contribution in [0, 0.1) is 18.8 Å². The molecule has 0 atom stereocenters. The van der Waals surface area contributed by atoms with Crippen molar-refractivity contribution in [3.63, 3.8) is 0 Å². The van der Waals surface area contributed by atoms with E-state index >= 15 is 0 Å². The SMILES string of the molecule is COc1cc(C#Cc2ccccc2)cc(OC)c1C. The van der Waals surface area contributed by atoms with Gasteiger partial charge in [-0.15, -0.1) is 0 Å². The minimum atomic E-state index is 0.789. The first-order valence-corrected chi connectivity index (χ1v) is 6.04. The quantitative estimate of drug-likeness (QED) is 0.762. The van der Waals surface area contributed by atoms with Crippen molar-refractivity contribution >= 4 is 0 Å². The average Bonchev–Trinajstić information content (AvgIpc) is 2.47. The van der Waals surface area contributed by atoms with Gasteiger partial charge >= 0.3 is 0 Å². The molecule has 0 N–H and O–H groups in total. The lowest BCUT2D eigenvalue weighted by Crippen LogP contribution is -1.93. The highest BCUT2D eigenvalue weighted by Crippen LogP contribution is 2.29. The third-order valence-corrected chi connectivity index (χ3v) is 2.88. The van der Waals surface area contributed by atoms with Crippen LogP contribution in [0.25, 0.3) is 0 Å². The Bertz CT molecular complexity index is 594. The Morgan fingerprint density at radius 1 is 0.789 bits per heavy atom. The van der Waals surface area contributed by atoms with E-state index in [-0.39, 0.29) is 0 Å². The van der Waals surface area contributed by atoms with Crippen LogP contribution in [0.4, 0.5) is 0 Å². The van der Waals surface area contributed by atoms with Gasteiger partial charge in [-0.05, 0) is 31.2 Å². The van der Waals surface area contributed by atoms with Crippen molar-refractivity contribution in [3.05, 3.63) is 59.2 Å². The molecule has 0 aromatic heterocycles. The molecule has 19 heavy (non-hydrogen) atoms. The summed E-state index contributed by atoms with van der Waals surface area (Å²) in [5.41, 5.74) is 2.85. The second-order valence-electron chi connectivity index (χ2n) is 4.12. The molecule has 2 aromatic carbocycles. The van der Waals surface area contributed by atoms with Crippen molar-refractivity contribution in [2.45, 2.75) is 6.92 Å². The number of hydrogen-bond acceptors (Lipinski definition) is 2. The molecule has 2 nitrogen and oxygen atoms in total. The molecule has 2 heteroatoms. The smallest absolute Gasteiger partial charge is 0.126 e. The van der Waals surface area contributed by atoms with Crippen LogP contribution in [0.5, 0.6) is 11.5 Å². The minimum absolute atomic E-state index is 0.789. The van der Waals surface area contributed by atoms with Gasteiger partial charge < -0.3 is 9.47 Å². The van der Waals surface area contributed by atoms with Crippen molar-refractivity contribution in [1.29, 1.82) is 0 Å². The Morgan fingerprint density at radius 3 is 1.84 bits per heavy atom. The fourth-order valence-electron chi connectivity index (χ4n) is 1.82. The second-order valence-corrected chi connectivity index (χ2v) is 4.12. The number of rotatable bonds is 2. The van der Waals surface area contributed by atoms with Gasteiger partial charge in [-0.2, -0.15) is 0 Å². The van der Waals surface area contributed by atoms with Crippen LogP contribution in [-0.4, -0.2) is 14.2 Å². The molecule has 2 rings (SSSR count). The lowest BCUT2D eigenvalue weighted by Gasteiger charge is -2.10. The third-order valence-electron chi connectivity index (χ3n) is 2.88. The summed E-state index contributed by atoms with van der Waals surface area (Å²) in [5.74, 6) is 7.83. The van der Waals surface area contributed by atoms with Crippen molar-refractivity contribution < 1.29 is 9.47 Å². The maximum Gasteiger partial charge on any atom is 0.126 e. The van der Waals surface area contributed by atoms with E-state index in [9.17, 15) is 0 Å². The van der Waals surface area contributed by atoms with Crippen molar-refractivity contribution in [2.24, 2.45) is 0 Å². The van der Waals surface area contributed by atoms with Crippen LogP contribution in [0.2, 0.25) is 0 Å². The third kappa shape index (κ3) is 3.08. The maximum atomic E-state index is 5.33. The molecule has 0 aliphatic heterocycles. The summed E-state index contributed by atoms with van der Waals surface area (Å²) in [5, 5.41) is 0. The highest BCUT2D eigenvalue weighted by Gasteiger charge is 2.06. The Balaban J connectivity index is 2.39. The molecule has 0 radical (unpaired) electrons. The summed E-state index contributed by atoms with van der Waals surface area (Å²) in [6, 6.07) is 13.7. The Labute approximate surface area is 114 Å². The van der Waals surface area contributed by atoms with Gasteiger partial charge in [0.2, 0.25) is 0 Å². The van der Waals surface area contributed by atoms with Gasteiger partial charge in [0, 0.05) is 16.7 Å². The molecule has 0 fully saturated rings. The Hall–Kier alpha value is -2.40. The fourth-order valence-corrected chi connectivity index (χ4v) is 1.82. The molecule has 0 aliphatic carbocycles. The highest BCUT2D eigenvalue weighted by atomic mass is 16.5. The highest BCUT2D eigenvalue weighted by molar-refractivity contribution is 5.53. The fraction of sp³-hybridized carbons (Fsp3) is 0.176. The molecule has 0 heterocycles. The van der Waals surface area contributed by atoms with E-state index in [0.29, 0.717) is 0 Å². The molecule has 0 saturated heterocycles. The summed E-state index contributed by atoms with van der Waals surface area (Å²) < 4.78 is 10.7. The van der Waals surface area contributed by atoms with E-state index in [1.807, 2.05) is 49.4 Å². The van der Waals surface area contributed by atoms with E-state index in [0.717, 1.165) is 28.2 Å². The van der Waals surface area contributed by atoms with Crippen LogP contribution < -0.4 is 9.47 Å². The molecule has 2 aromatic rings. The van der Waals surface area contributed by atoms with Crippen LogP contribution >= 0.6 is 0 Å². The predicted octanol–water partition coefficient (Wildman–Crippen LogP) is 3.41. The van der Waals surface area contributed by atoms with Gasteiger partial charge in [0.1, 0.15) is 11.5 Å². The van der Waals surface area contributed by atoms with E-state index in [1.54, 1.807) is 14.2 Å². The zero-order chi connectivity index (χ0) is 13.7. The molecule has 0 aliphatic rings. The predicted molar refractivity (Wildman–Crippen MR) is 76.7 cm³/mol. The molecule has 0 bridgehead atoms. The topological polar surface area (TPSA) is 18.5 Å². The standard InChI is InChI=1S/C17H16O2/c1-13-16(18-2)11-15(12-17(13)19-3)10-9-14-7-5-4-6-8-14/h4-8,11-12H,1-3H3. The molecule has 0 spiro atoms. The summed E-state index contributed by atoms with van der Waals surface area (Å²) in [6.07, 6.45) is 0. The summed E-state index contributed by atoms with van der Waals surface area (Å²) in [4.78, 5) is 0. The van der Waals surface area contributed by atoms with Crippen LogP contribution in [0.15, 0.2) is 42.5 Å². The molecular formula is C17H16O2. The first-order valence-electron chi connectivity index (χ1n) is 6.04. The van der Waals surface area contributed by atoms with Crippen molar-refractivity contribution in [1.82, 2.24) is 0 Å². The van der Waals surface area contributed by atoms with E-state index < -0.39 is 0 Å². The van der Waals surface area contributed by atoms with Crippen LogP contribution in [-0.2, 0) is 0 Å². The van der Waals surface area contributed by atoms with Gasteiger partial charge in [-0.25, -0.2) is 0 Å². The van der Waals surface area contributed by atoms with E-state index in [2.05, 4.69) is 11.8 Å². The van der Waals surface area contributed by atoms with Crippen LogP contribution in [0.1, 0.15) is 16.7 Å². The van der Waals surface area contributed by atoms with Gasteiger partial charge in [-0.1, -0.05) is 30.0 Å². The van der Waals surface area contributed by atoms with Crippen molar-refractivity contribution in [3.8, 4) is 23.3 Å². The normalized spacial score (nSPS) is 9.42. The van der Waals surface area contributed by atoms with Gasteiger partial charge in [-0.3, -0.25) is 0 Å². The zero-order valence-corrected chi connectivity index (χ0v) is 11.4. The van der Waals surface area contributed by atoms with E-state index in [4.69, 9.17) is 9.47 Å². The lowest BCUT2D eigenvalue weighted by atomic mass is 10.1. The monoisotopic (exact) mass is 252 g/mol. The first-order chi connectivity index (χ1) is 9.24. The van der Waals surface area contributed by atoms with Crippen LogP contribution in [0.3, 0.4) is 0 Å². The van der Waals surface area contributed by atoms with Crippen molar-refractivity contribution in [2.75, 3.05) is 14.2 Å². The van der Waals surface area contributed by atoms with Gasteiger partial charge in [0.05, 0.1) is 14.2 Å². The van der Waals surface area contributed by atoms with Gasteiger partial charge in [0.25, 0.3) is 0 Å². The molecular weight excluding hydrogens is 236 g/mol. The first kappa shape index (κ1) is 13.0. The minimum Gasteiger partial charge on any atom is -0.496 e. The molecule has 0 saturated carbocycles. The lowest BCUT2D eigenvalue weighted by molar-refractivity contribution is 0.388. The summed E-state index contributed by atoms with van der Waals surface area (Å²) in [6.45, 7) is 1.96. The van der Waals surface area contributed by atoms with E-state index in [1.165, 1.54) is 0 Å². The molecule has 0 amide bonds. The summed E-state index contributed by atoms with van der Waals surface area (Å²) >= 11 is 0. The maximum absolute atomic E-state index is 5.33. The largest absolute Gasteiger partial charge is 0.496 e. The number of benzene rings is 2. The molecule has 96 valence electrons. The molecule has 0 unspecified atom stereocenters. The Kier molecular flexibility index (Phi) is 4.10. The number of hydrogen-bond donors (Lipinski definition) is 0. The average molecular weight is 252 g/mol. The zero-order valence-electron chi connectivity index (χ0n) is 11.4. The summed E-state index contributed by atoms with van der Waals surface area (Å²) in [7, 11) is 3.30. The Morgan fingerprint density at radius 2 is 1.32 bits per heavy atom. The number of ether oxygens (including phenoxy) is 2. The second kappa shape index (κ2) is 5.97. The van der Waals surface area contributed by atoms with Gasteiger partial charge in [0.15, 0.2) is 0 Å².